The number of nitrogens with zero attached hydrogens (tertiary/aromatic N) is 2. The Morgan fingerprint density at radius 3 is 2.23 bits per heavy atom. The average molecular weight is 190 g/mol. The second-order valence-corrected chi connectivity index (χ2v) is 2.35. The summed E-state index contributed by atoms with van der Waals surface area (Å²) in [6.07, 6.45) is -0.829. The molecule has 13 heavy (non-hydrogen) atoms. The molecule has 0 bridgehead atoms. The molecule has 0 unspecified atom stereocenters. The number of alkyl halides is 2. The topological polar surface area (TPSA) is 17.8 Å². The second-order valence-electron chi connectivity index (χ2n) is 2.35. The molecular weight excluding hydrogens is 174 g/mol. The molecule has 76 valence electrons. The molecule has 4 heteroatoms. The van der Waals surface area contributed by atoms with Crippen LogP contribution in [0.25, 0.3) is 0 Å². The van der Waals surface area contributed by atoms with Gasteiger partial charge in [-0.2, -0.15) is 5.10 Å². The molecule has 0 saturated heterocycles. The standard InChI is InChI=1S/C7H10F2N2.C2H6/c1-3-11-4-5(2)6(10-11)7(8)9;1-2/h4,7H,3H2,1-2H3;1-2H3. The van der Waals surface area contributed by atoms with Crippen molar-refractivity contribution in [2.75, 3.05) is 0 Å². The number of hydrogen-bond acceptors (Lipinski definition) is 1. The number of halogens is 2. The van der Waals surface area contributed by atoms with Gasteiger partial charge in [-0.05, 0) is 19.4 Å². The second kappa shape index (κ2) is 5.67. The molecule has 0 aromatic carbocycles. The lowest BCUT2D eigenvalue weighted by Gasteiger charge is -1.93. The van der Waals surface area contributed by atoms with Gasteiger partial charge in [0, 0.05) is 12.7 Å². The van der Waals surface area contributed by atoms with Gasteiger partial charge in [-0.15, -0.1) is 0 Å². The van der Waals surface area contributed by atoms with Crippen molar-refractivity contribution in [2.45, 2.75) is 40.7 Å². The van der Waals surface area contributed by atoms with Crippen LogP contribution >= 0.6 is 0 Å². The van der Waals surface area contributed by atoms with Gasteiger partial charge >= 0.3 is 0 Å². The number of hydrogen-bond donors (Lipinski definition) is 0. The third-order valence-corrected chi connectivity index (χ3v) is 1.51. The van der Waals surface area contributed by atoms with Crippen LogP contribution in [0.1, 0.15) is 38.5 Å². The van der Waals surface area contributed by atoms with Crippen molar-refractivity contribution in [3.05, 3.63) is 17.5 Å². The maximum Gasteiger partial charge on any atom is 0.282 e. The highest BCUT2D eigenvalue weighted by Crippen LogP contribution is 2.19. The first-order valence-corrected chi connectivity index (χ1v) is 4.47. The Morgan fingerprint density at radius 1 is 1.46 bits per heavy atom. The van der Waals surface area contributed by atoms with E-state index in [0.717, 1.165) is 0 Å². The molecule has 1 aromatic heterocycles. The molecule has 0 amide bonds. The van der Waals surface area contributed by atoms with E-state index in [4.69, 9.17) is 0 Å². The fourth-order valence-corrected chi connectivity index (χ4v) is 0.914. The zero-order chi connectivity index (χ0) is 10.4. The van der Waals surface area contributed by atoms with Crippen LogP contribution < -0.4 is 0 Å². The van der Waals surface area contributed by atoms with E-state index >= 15 is 0 Å². The average Bonchev–Trinajstić information content (AvgIpc) is 2.50. The molecule has 0 radical (unpaired) electrons. The summed E-state index contributed by atoms with van der Waals surface area (Å²) in [5, 5.41) is 3.69. The summed E-state index contributed by atoms with van der Waals surface area (Å²) in [4.78, 5) is 0. The molecule has 1 heterocycles. The van der Waals surface area contributed by atoms with Crippen molar-refractivity contribution in [2.24, 2.45) is 0 Å². The normalized spacial score (nSPS) is 9.77. The highest BCUT2D eigenvalue weighted by molar-refractivity contribution is 5.15. The SMILES string of the molecule is CC.CCn1cc(C)c(C(F)F)n1. The van der Waals surface area contributed by atoms with E-state index in [9.17, 15) is 8.78 Å². The van der Waals surface area contributed by atoms with Gasteiger partial charge in [-0.25, -0.2) is 8.78 Å². The molecule has 0 N–H and O–H groups in total. The third kappa shape index (κ3) is 3.13. The van der Waals surface area contributed by atoms with E-state index in [-0.39, 0.29) is 5.69 Å². The molecule has 1 aromatic rings. The van der Waals surface area contributed by atoms with Crippen LogP contribution in [0.3, 0.4) is 0 Å². The first-order chi connectivity index (χ1) is 6.15. The zero-order valence-corrected chi connectivity index (χ0v) is 8.51. The van der Waals surface area contributed by atoms with Crippen molar-refractivity contribution in [3.63, 3.8) is 0 Å². The molecule has 1 rings (SSSR count). The van der Waals surface area contributed by atoms with E-state index in [2.05, 4.69) is 5.10 Å². The molecule has 0 aliphatic heterocycles. The largest absolute Gasteiger partial charge is 0.282 e. The molecule has 0 fully saturated rings. The predicted molar refractivity (Wildman–Crippen MR) is 48.9 cm³/mol. The smallest absolute Gasteiger partial charge is 0.272 e. The van der Waals surface area contributed by atoms with Crippen LogP contribution in [0.4, 0.5) is 8.78 Å². The molecule has 0 aliphatic rings. The van der Waals surface area contributed by atoms with Crippen LogP contribution in [0.5, 0.6) is 0 Å². The molecule has 0 spiro atoms. The van der Waals surface area contributed by atoms with Crippen molar-refractivity contribution in [3.8, 4) is 0 Å². The zero-order valence-electron chi connectivity index (χ0n) is 8.51. The maximum absolute atomic E-state index is 12.1. The van der Waals surface area contributed by atoms with Gasteiger partial charge < -0.3 is 0 Å². The minimum Gasteiger partial charge on any atom is -0.272 e. The summed E-state index contributed by atoms with van der Waals surface area (Å²) in [5.74, 6) is 0. The lowest BCUT2D eigenvalue weighted by molar-refractivity contribution is 0.144. The minimum atomic E-state index is -2.46. The predicted octanol–water partition coefficient (Wildman–Crippen LogP) is 3.18. The van der Waals surface area contributed by atoms with Gasteiger partial charge in [-0.1, -0.05) is 13.8 Å². The number of aryl methyl sites for hydroxylation is 2. The quantitative estimate of drug-likeness (QED) is 0.700. The molecule has 0 saturated carbocycles. The van der Waals surface area contributed by atoms with Crippen LogP contribution in [-0.4, -0.2) is 9.78 Å². The maximum atomic E-state index is 12.1. The molecule has 0 atom stereocenters. The Morgan fingerprint density at radius 2 is 2.00 bits per heavy atom. The summed E-state index contributed by atoms with van der Waals surface area (Å²) < 4.78 is 25.7. The van der Waals surface area contributed by atoms with Gasteiger partial charge in [0.25, 0.3) is 6.43 Å². The summed E-state index contributed by atoms with van der Waals surface area (Å²) in [6.45, 7) is 8.13. The van der Waals surface area contributed by atoms with Gasteiger partial charge in [0.2, 0.25) is 0 Å². The van der Waals surface area contributed by atoms with E-state index in [0.29, 0.717) is 12.1 Å². The lowest BCUT2D eigenvalue weighted by Crippen LogP contribution is -1.95. The van der Waals surface area contributed by atoms with E-state index in [1.807, 2.05) is 20.8 Å². The van der Waals surface area contributed by atoms with Crippen LogP contribution in [0.15, 0.2) is 6.20 Å². The highest BCUT2D eigenvalue weighted by Gasteiger charge is 2.14. The van der Waals surface area contributed by atoms with Crippen molar-refractivity contribution in [1.29, 1.82) is 0 Å². The Kier molecular flexibility index (Phi) is 5.26. The Bertz CT molecular complexity index is 244. The third-order valence-electron chi connectivity index (χ3n) is 1.51. The Hall–Kier alpha value is -0.930. The monoisotopic (exact) mass is 190 g/mol. The van der Waals surface area contributed by atoms with Crippen LogP contribution in [0, 0.1) is 6.92 Å². The fourth-order valence-electron chi connectivity index (χ4n) is 0.914. The number of rotatable bonds is 2. The van der Waals surface area contributed by atoms with Crippen LogP contribution in [0.2, 0.25) is 0 Å². The van der Waals surface area contributed by atoms with Gasteiger partial charge in [-0.3, -0.25) is 4.68 Å². The summed E-state index contributed by atoms with van der Waals surface area (Å²) in [6, 6.07) is 0. The minimum absolute atomic E-state index is 0.105. The fraction of sp³-hybridized carbons (Fsp3) is 0.667. The summed E-state index contributed by atoms with van der Waals surface area (Å²) in [7, 11) is 0. The van der Waals surface area contributed by atoms with Crippen LogP contribution in [-0.2, 0) is 6.54 Å². The lowest BCUT2D eigenvalue weighted by atomic mass is 10.3. The summed E-state index contributed by atoms with van der Waals surface area (Å²) in [5.41, 5.74) is 0.453. The van der Waals surface area contributed by atoms with E-state index < -0.39 is 6.43 Å². The highest BCUT2D eigenvalue weighted by atomic mass is 19.3. The number of aromatic nitrogens is 2. The van der Waals surface area contributed by atoms with E-state index in [1.165, 1.54) is 4.68 Å². The van der Waals surface area contributed by atoms with Crippen molar-refractivity contribution in [1.82, 2.24) is 9.78 Å². The van der Waals surface area contributed by atoms with Gasteiger partial charge in [0.05, 0.1) is 0 Å². The van der Waals surface area contributed by atoms with Crippen molar-refractivity contribution >= 4 is 0 Å². The van der Waals surface area contributed by atoms with Gasteiger partial charge in [0.1, 0.15) is 5.69 Å². The van der Waals surface area contributed by atoms with Crippen molar-refractivity contribution < 1.29 is 8.78 Å². The molecular formula is C9H16F2N2. The first-order valence-electron chi connectivity index (χ1n) is 4.47. The van der Waals surface area contributed by atoms with E-state index in [1.54, 1.807) is 13.1 Å². The molecule has 2 nitrogen and oxygen atoms in total. The summed E-state index contributed by atoms with van der Waals surface area (Å²) >= 11 is 0. The molecule has 0 aliphatic carbocycles. The Labute approximate surface area is 77.6 Å². The van der Waals surface area contributed by atoms with Gasteiger partial charge in [0.15, 0.2) is 0 Å². The first kappa shape index (κ1) is 12.1. The Balaban J connectivity index is 0.000000671.